The summed E-state index contributed by atoms with van der Waals surface area (Å²) in [4.78, 5) is 25.0. The van der Waals surface area contributed by atoms with Gasteiger partial charge in [0.25, 0.3) is 5.91 Å². The number of methoxy groups -OCH3 is 1. The molecule has 4 rings (SSSR count). The first-order valence-corrected chi connectivity index (χ1v) is 10.6. The fourth-order valence-corrected chi connectivity index (χ4v) is 3.61. The lowest BCUT2D eigenvalue weighted by Gasteiger charge is -2.31. The van der Waals surface area contributed by atoms with Crippen LogP contribution < -0.4 is 24.8 Å². The standard InChI is InChI=1S/C24H26N2O7/c1-30-17-5-2-15(3-6-17)12-25-23(28)11-18-7-8-19(22(13-27)33-18)26-24(29)16-4-9-20-21(10-16)32-14-31-20/h2-10,18-19,22,27H,11-14H2,1H3,(H,25,28)(H,26,29)/t18-,19+,22-/m1/s1. The van der Waals surface area contributed by atoms with E-state index in [4.69, 9.17) is 18.9 Å². The number of carbonyl (C=O) groups is 2. The van der Waals surface area contributed by atoms with E-state index < -0.39 is 18.2 Å². The molecule has 3 N–H and O–H groups in total. The van der Waals surface area contributed by atoms with Crippen LogP contribution in [0.3, 0.4) is 0 Å². The molecule has 0 saturated heterocycles. The summed E-state index contributed by atoms with van der Waals surface area (Å²) in [5, 5.41) is 15.5. The number of aliphatic hydroxyl groups is 1. The van der Waals surface area contributed by atoms with Crippen molar-refractivity contribution >= 4 is 11.8 Å². The van der Waals surface area contributed by atoms with Crippen LogP contribution in [0.4, 0.5) is 0 Å². The molecule has 0 saturated carbocycles. The van der Waals surface area contributed by atoms with E-state index in [1.807, 2.05) is 24.3 Å². The molecule has 9 nitrogen and oxygen atoms in total. The van der Waals surface area contributed by atoms with Crippen molar-refractivity contribution in [1.82, 2.24) is 10.6 Å². The molecular formula is C24H26N2O7. The Kier molecular flexibility index (Phi) is 7.11. The zero-order chi connectivity index (χ0) is 23.2. The minimum absolute atomic E-state index is 0.103. The molecule has 2 aromatic rings. The summed E-state index contributed by atoms with van der Waals surface area (Å²) in [5.74, 6) is 1.34. The average molecular weight is 454 g/mol. The fourth-order valence-electron chi connectivity index (χ4n) is 3.61. The molecule has 33 heavy (non-hydrogen) atoms. The van der Waals surface area contributed by atoms with Crippen molar-refractivity contribution in [2.75, 3.05) is 20.5 Å². The third-order valence-electron chi connectivity index (χ3n) is 5.43. The summed E-state index contributed by atoms with van der Waals surface area (Å²) in [5.41, 5.74) is 1.35. The van der Waals surface area contributed by atoms with Crippen LogP contribution in [0.15, 0.2) is 54.6 Å². The quantitative estimate of drug-likeness (QED) is 0.519. The first-order valence-electron chi connectivity index (χ1n) is 10.6. The summed E-state index contributed by atoms with van der Waals surface area (Å²) >= 11 is 0. The second kappa shape index (κ2) is 10.4. The largest absolute Gasteiger partial charge is 0.497 e. The summed E-state index contributed by atoms with van der Waals surface area (Å²) in [6.45, 7) is 0.207. The number of benzene rings is 2. The van der Waals surface area contributed by atoms with E-state index in [2.05, 4.69) is 10.6 Å². The van der Waals surface area contributed by atoms with Crippen LogP contribution in [0.5, 0.6) is 17.2 Å². The predicted molar refractivity (Wildman–Crippen MR) is 118 cm³/mol. The van der Waals surface area contributed by atoms with E-state index in [1.54, 1.807) is 37.5 Å². The molecule has 0 unspecified atom stereocenters. The van der Waals surface area contributed by atoms with Crippen LogP contribution >= 0.6 is 0 Å². The van der Waals surface area contributed by atoms with Gasteiger partial charge in [0.2, 0.25) is 12.7 Å². The molecule has 0 radical (unpaired) electrons. The first kappa shape index (κ1) is 22.6. The zero-order valence-electron chi connectivity index (χ0n) is 18.2. The lowest BCUT2D eigenvalue weighted by molar-refractivity contribution is -0.125. The van der Waals surface area contributed by atoms with Crippen molar-refractivity contribution in [2.24, 2.45) is 0 Å². The number of hydrogen-bond donors (Lipinski definition) is 3. The fraction of sp³-hybridized carbons (Fsp3) is 0.333. The van der Waals surface area contributed by atoms with Crippen molar-refractivity contribution < 1.29 is 33.6 Å². The van der Waals surface area contributed by atoms with Crippen LogP contribution in [0.25, 0.3) is 0 Å². The van der Waals surface area contributed by atoms with Crippen molar-refractivity contribution in [3.05, 3.63) is 65.7 Å². The highest BCUT2D eigenvalue weighted by molar-refractivity contribution is 5.95. The molecule has 0 fully saturated rings. The van der Waals surface area contributed by atoms with Gasteiger partial charge in [-0.15, -0.1) is 0 Å². The molecule has 0 aromatic heterocycles. The van der Waals surface area contributed by atoms with Gasteiger partial charge in [0.15, 0.2) is 11.5 Å². The second-order valence-electron chi connectivity index (χ2n) is 7.68. The Labute approximate surface area is 191 Å². The van der Waals surface area contributed by atoms with Gasteiger partial charge in [0.1, 0.15) is 11.9 Å². The lowest BCUT2D eigenvalue weighted by atomic mass is 10.0. The van der Waals surface area contributed by atoms with Crippen molar-refractivity contribution in [3.63, 3.8) is 0 Å². The Hall–Kier alpha value is -3.56. The topological polar surface area (TPSA) is 115 Å². The van der Waals surface area contributed by atoms with Crippen LogP contribution in [0.1, 0.15) is 22.3 Å². The Morgan fingerprint density at radius 2 is 1.88 bits per heavy atom. The van der Waals surface area contributed by atoms with Gasteiger partial charge >= 0.3 is 0 Å². The number of carbonyl (C=O) groups excluding carboxylic acids is 2. The van der Waals surface area contributed by atoms with Crippen LogP contribution in [-0.4, -0.2) is 55.7 Å². The van der Waals surface area contributed by atoms with Gasteiger partial charge in [-0.05, 0) is 35.9 Å². The molecule has 0 spiro atoms. The maximum absolute atomic E-state index is 12.6. The van der Waals surface area contributed by atoms with Crippen LogP contribution in [0, 0.1) is 0 Å². The molecule has 2 amide bonds. The summed E-state index contributed by atoms with van der Waals surface area (Å²) in [6.07, 6.45) is 2.40. The van der Waals surface area contributed by atoms with E-state index in [1.165, 1.54) is 0 Å². The first-order chi connectivity index (χ1) is 16.1. The predicted octanol–water partition coefficient (Wildman–Crippen LogP) is 1.54. The number of amides is 2. The highest BCUT2D eigenvalue weighted by Crippen LogP contribution is 2.32. The molecular weight excluding hydrogens is 428 g/mol. The van der Waals surface area contributed by atoms with Crippen molar-refractivity contribution in [1.29, 1.82) is 0 Å². The third kappa shape index (κ3) is 5.63. The summed E-state index contributed by atoms with van der Waals surface area (Å²) < 4.78 is 21.5. The van der Waals surface area contributed by atoms with Crippen LogP contribution in [0.2, 0.25) is 0 Å². The van der Waals surface area contributed by atoms with Gasteiger partial charge in [-0.1, -0.05) is 24.3 Å². The number of rotatable bonds is 8. The highest BCUT2D eigenvalue weighted by Gasteiger charge is 2.29. The van der Waals surface area contributed by atoms with Crippen molar-refractivity contribution in [2.45, 2.75) is 31.2 Å². The van der Waals surface area contributed by atoms with Gasteiger partial charge in [-0.25, -0.2) is 0 Å². The highest BCUT2D eigenvalue weighted by atomic mass is 16.7. The molecule has 2 heterocycles. The number of ether oxygens (including phenoxy) is 4. The minimum atomic E-state index is -0.674. The van der Waals surface area contributed by atoms with Gasteiger partial charge in [-0.2, -0.15) is 0 Å². The zero-order valence-corrected chi connectivity index (χ0v) is 18.2. The number of fused-ring (bicyclic) bond motifs is 1. The SMILES string of the molecule is COc1ccc(CNC(=O)C[C@H]2C=C[C@H](NC(=O)c3ccc4c(c3)OCO4)[C@@H](CO)O2)cc1. The maximum Gasteiger partial charge on any atom is 0.251 e. The molecule has 3 atom stereocenters. The minimum Gasteiger partial charge on any atom is -0.497 e. The third-order valence-corrected chi connectivity index (χ3v) is 5.43. The molecule has 2 aliphatic heterocycles. The van der Waals surface area contributed by atoms with Gasteiger partial charge in [0.05, 0.1) is 32.3 Å². The Bertz CT molecular complexity index is 1020. The normalized spacial score (nSPS) is 20.8. The lowest BCUT2D eigenvalue weighted by Crippen LogP contribution is -2.49. The number of hydrogen-bond acceptors (Lipinski definition) is 7. The number of nitrogens with one attached hydrogen (secondary N) is 2. The Morgan fingerprint density at radius 3 is 2.64 bits per heavy atom. The van der Waals surface area contributed by atoms with E-state index in [0.29, 0.717) is 23.6 Å². The van der Waals surface area contributed by atoms with Crippen molar-refractivity contribution in [3.8, 4) is 17.2 Å². The van der Waals surface area contributed by atoms with Gasteiger partial charge in [0, 0.05) is 12.1 Å². The monoisotopic (exact) mass is 454 g/mol. The van der Waals surface area contributed by atoms with Gasteiger partial charge < -0.3 is 34.7 Å². The molecule has 0 bridgehead atoms. The van der Waals surface area contributed by atoms with Crippen LogP contribution in [-0.2, 0) is 16.1 Å². The van der Waals surface area contributed by atoms with E-state index in [-0.39, 0.29) is 31.6 Å². The van der Waals surface area contributed by atoms with E-state index in [0.717, 1.165) is 11.3 Å². The maximum atomic E-state index is 12.6. The van der Waals surface area contributed by atoms with Gasteiger partial charge in [-0.3, -0.25) is 9.59 Å². The Morgan fingerprint density at radius 1 is 1.09 bits per heavy atom. The summed E-state index contributed by atoms with van der Waals surface area (Å²) in [6, 6.07) is 11.8. The molecule has 9 heteroatoms. The average Bonchev–Trinajstić information content (AvgIpc) is 3.32. The smallest absolute Gasteiger partial charge is 0.251 e. The second-order valence-corrected chi connectivity index (χ2v) is 7.68. The number of aliphatic hydroxyl groups excluding tert-OH is 1. The molecule has 174 valence electrons. The van der Waals surface area contributed by atoms with E-state index in [9.17, 15) is 14.7 Å². The Balaban J connectivity index is 1.29. The molecule has 2 aliphatic rings. The molecule has 2 aromatic carbocycles. The summed E-state index contributed by atoms with van der Waals surface area (Å²) in [7, 11) is 1.60. The molecule has 0 aliphatic carbocycles. The van der Waals surface area contributed by atoms with E-state index >= 15 is 0 Å².